The Morgan fingerprint density at radius 2 is 2.00 bits per heavy atom. The highest BCUT2D eigenvalue weighted by Crippen LogP contribution is 2.14. The van der Waals surface area contributed by atoms with Gasteiger partial charge < -0.3 is 5.73 Å². The molecule has 1 aromatic rings. The van der Waals surface area contributed by atoms with Crippen LogP contribution in [0.15, 0.2) is 29.4 Å². The molecule has 2 rings (SSSR count). The van der Waals surface area contributed by atoms with Crippen LogP contribution in [0.2, 0.25) is 0 Å². The number of hydrazone groups is 1. The van der Waals surface area contributed by atoms with E-state index in [0.717, 1.165) is 24.1 Å². The fourth-order valence-electron chi connectivity index (χ4n) is 1.91. The number of nitrogens with two attached hydrogens (primary N) is 1. The monoisotopic (exact) mass is 231 g/mol. The van der Waals surface area contributed by atoms with Crippen molar-refractivity contribution in [2.75, 3.05) is 13.6 Å². The zero-order chi connectivity index (χ0) is 12.3. The summed E-state index contributed by atoms with van der Waals surface area (Å²) in [5.74, 6) is 0.0773. The summed E-state index contributed by atoms with van der Waals surface area (Å²) in [6, 6.07) is 8.24. The summed E-state index contributed by atoms with van der Waals surface area (Å²) in [5, 5.41) is 5.71. The Bertz CT molecular complexity index is 436. The number of benzene rings is 1. The first-order valence-electron chi connectivity index (χ1n) is 5.84. The molecule has 0 atom stereocenters. The van der Waals surface area contributed by atoms with Gasteiger partial charge in [0.05, 0.1) is 5.71 Å². The van der Waals surface area contributed by atoms with Crippen LogP contribution in [0.5, 0.6) is 0 Å². The van der Waals surface area contributed by atoms with Crippen LogP contribution in [-0.4, -0.2) is 30.2 Å². The number of carbonyl (C=O) groups excluding carboxylic acids is 1. The minimum absolute atomic E-state index is 0.0773. The minimum atomic E-state index is 0.0773. The average molecular weight is 231 g/mol. The van der Waals surface area contributed by atoms with Gasteiger partial charge in [-0.3, -0.25) is 4.79 Å². The first kappa shape index (κ1) is 11.8. The molecule has 0 spiro atoms. The van der Waals surface area contributed by atoms with Crippen molar-refractivity contribution in [1.82, 2.24) is 5.01 Å². The molecule has 0 saturated carbocycles. The van der Waals surface area contributed by atoms with E-state index in [4.69, 9.17) is 5.73 Å². The summed E-state index contributed by atoms with van der Waals surface area (Å²) in [5.41, 5.74) is 8.81. The minimum Gasteiger partial charge on any atom is -0.330 e. The molecule has 1 aromatic carbocycles. The molecule has 1 heterocycles. The van der Waals surface area contributed by atoms with Crippen molar-refractivity contribution in [1.29, 1.82) is 0 Å². The van der Waals surface area contributed by atoms with Crippen LogP contribution in [0.25, 0.3) is 0 Å². The summed E-state index contributed by atoms with van der Waals surface area (Å²) < 4.78 is 0. The molecule has 4 heteroatoms. The molecule has 1 aliphatic rings. The van der Waals surface area contributed by atoms with Crippen molar-refractivity contribution >= 4 is 11.6 Å². The lowest BCUT2D eigenvalue weighted by atomic mass is 10.0. The van der Waals surface area contributed by atoms with Crippen LogP contribution >= 0.6 is 0 Å². The second-order valence-corrected chi connectivity index (χ2v) is 4.20. The largest absolute Gasteiger partial charge is 0.330 e. The molecule has 1 aliphatic heterocycles. The summed E-state index contributed by atoms with van der Waals surface area (Å²) in [7, 11) is 1.70. The van der Waals surface area contributed by atoms with Gasteiger partial charge in [0.25, 0.3) is 0 Å². The molecule has 90 valence electrons. The Morgan fingerprint density at radius 1 is 1.29 bits per heavy atom. The number of carbonyl (C=O) groups is 1. The quantitative estimate of drug-likeness (QED) is 0.848. The Balaban J connectivity index is 2.17. The van der Waals surface area contributed by atoms with Gasteiger partial charge in [0.15, 0.2) is 0 Å². The van der Waals surface area contributed by atoms with Crippen LogP contribution in [-0.2, 0) is 11.2 Å². The van der Waals surface area contributed by atoms with Crippen molar-refractivity contribution in [2.24, 2.45) is 10.8 Å². The van der Waals surface area contributed by atoms with Gasteiger partial charge in [-0.05, 0) is 24.1 Å². The van der Waals surface area contributed by atoms with Gasteiger partial charge in [0, 0.05) is 19.9 Å². The maximum atomic E-state index is 11.3. The zero-order valence-corrected chi connectivity index (χ0v) is 10.0. The topological polar surface area (TPSA) is 58.7 Å². The lowest BCUT2D eigenvalue weighted by molar-refractivity contribution is -0.130. The van der Waals surface area contributed by atoms with Crippen LogP contribution < -0.4 is 5.73 Å². The lowest BCUT2D eigenvalue weighted by Gasteiger charge is -2.19. The highest BCUT2D eigenvalue weighted by Gasteiger charge is 2.17. The maximum absolute atomic E-state index is 11.3. The molecular formula is C13H17N3O. The molecule has 0 saturated heterocycles. The Kier molecular flexibility index (Phi) is 3.54. The van der Waals surface area contributed by atoms with E-state index in [-0.39, 0.29) is 5.91 Å². The van der Waals surface area contributed by atoms with Gasteiger partial charge >= 0.3 is 0 Å². The van der Waals surface area contributed by atoms with E-state index in [0.29, 0.717) is 13.0 Å². The Morgan fingerprint density at radius 3 is 2.59 bits per heavy atom. The summed E-state index contributed by atoms with van der Waals surface area (Å²) in [6.07, 6.45) is 2.16. The normalized spacial score (nSPS) is 16.0. The van der Waals surface area contributed by atoms with Gasteiger partial charge in [0.2, 0.25) is 5.91 Å². The number of hydrogen-bond acceptors (Lipinski definition) is 3. The number of nitrogens with zero attached hydrogens (tertiary/aromatic N) is 2. The van der Waals surface area contributed by atoms with Crippen LogP contribution in [0.4, 0.5) is 0 Å². The smallest absolute Gasteiger partial charge is 0.242 e. The highest BCUT2D eigenvalue weighted by molar-refractivity contribution is 6.04. The molecule has 0 unspecified atom stereocenters. The van der Waals surface area contributed by atoms with Gasteiger partial charge in [-0.2, -0.15) is 5.10 Å². The van der Waals surface area contributed by atoms with Crippen molar-refractivity contribution in [3.05, 3.63) is 35.4 Å². The zero-order valence-electron chi connectivity index (χ0n) is 10.0. The number of hydrogen-bond donors (Lipinski definition) is 1. The second-order valence-electron chi connectivity index (χ2n) is 4.20. The molecular weight excluding hydrogens is 214 g/mol. The molecule has 2 N–H and O–H groups in total. The van der Waals surface area contributed by atoms with Crippen molar-refractivity contribution in [2.45, 2.75) is 19.3 Å². The van der Waals surface area contributed by atoms with E-state index in [2.05, 4.69) is 17.2 Å². The number of rotatable bonds is 3. The van der Waals surface area contributed by atoms with Gasteiger partial charge in [0.1, 0.15) is 0 Å². The summed E-state index contributed by atoms with van der Waals surface area (Å²) >= 11 is 0. The van der Waals surface area contributed by atoms with Crippen molar-refractivity contribution < 1.29 is 4.79 Å². The van der Waals surface area contributed by atoms with Crippen molar-refractivity contribution in [3.63, 3.8) is 0 Å². The Labute approximate surface area is 101 Å². The lowest BCUT2D eigenvalue weighted by Crippen LogP contribution is -2.28. The number of amides is 1. The standard InChI is InChI=1S/C13H17N3O/c1-16-13(17)7-6-12(15-16)11-4-2-10(3-5-11)8-9-14/h2-5H,6-9,14H2,1H3. The summed E-state index contributed by atoms with van der Waals surface area (Å²) in [6.45, 7) is 0.664. The fourth-order valence-corrected chi connectivity index (χ4v) is 1.91. The van der Waals surface area contributed by atoms with Gasteiger partial charge in [-0.1, -0.05) is 24.3 Å². The van der Waals surface area contributed by atoms with Crippen LogP contribution in [0.3, 0.4) is 0 Å². The molecule has 0 aliphatic carbocycles. The SMILES string of the molecule is CN1N=C(c2ccc(CCN)cc2)CCC1=O. The molecule has 0 bridgehead atoms. The van der Waals surface area contributed by atoms with E-state index in [1.165, 1.54) is 10.6 Å². The Hall–Kier alpha value is -1.68. The predicted octanol–water partition coefficient (Wildman–Crippen LogP) is 1.14. The third kappa shape index (κ3) is 2.71. The van der Waals surface area contributed by atoms with E-state index >= 15 is 0 Å². The summed E-state index contributed by atoms with van der Waals surface area (Å²) in [4.78, 5) is 11.3. The molecule has 0 fully saturated rings. The third-order valence-electron chi connectivity index (χ3n) is 2.93. The molecule has 17 heavy (non-hydrogen) atoms. The van der Waals surface area contributed by atoms with Gasteiger partial charge in [-0.25, -0.2) is 5.01 Å². The molecule has 0 radical (unpaired) electrons. The molecule has 4 nitrogen and oxygen atoms in total. The van der Waals surface area contributed by atoms with E-state index in [1.807, 2.05) is 12.1 Å². The maximum Gasteiger partial charge on any atom is 0.242 e. The first-order chi connectivity index (χ1) is 8.20. The molecule has 0 aromatic heterocycles. The molecule has 1 amide bonds. The van der Waals surface area contributed by atoms with Crippen LogP contribution in [0.1, 0.15) is 24.0 Å². The van der Waals surface area contributed by atoms with E-state index in [1.54, 1.807) is 7.05 Å². The third-order valence-corrected chi connectivity index (χ3v) is 2.93. The van der Waals surface area contributed by atoms with Crippen molar-refractivity contribution in [3.8, 4) is 0 Å². The van der Waals surface area contributed by atoms with Gasteiger partial charge in [-0.15, -0.1) is 0 Å². The second kappa shape index (κ2) is 5.10. The highest BCUT2D eigenvalue weighted by atomic mass is 16.2. The fraction of sp³-hybridized carbons (Fsp3) is 0.385. The van der Waals surface area contributed by atoms with E-state index in [9.17, 15) is 4.79 Å². The predicted molar refractivity (Wildman–Crippen MR) is 67.7 cm³/mol. The van der Waals surface area contributed by atoms with Crippen LogP contribution in [0, 0.1) is 0 Å². The average Bonchev–Trinajstić information content (AvgIpc) is 2.34. The first-order valence-corrected chi connectivity index (χ1v) is 5.84. The van der Waals surface area contributed by atoms with E-state index < -0.39 is 0 Å².